The number of hydrazine groups is 1. The Hall–Kier alpha value is -2.72. The Bertz CT molecular complexity index is 1290. The quantitative estimate of drug-likeness (QED) is 0.278. The molecule has 39 heavy (non-hydrogen) atoms. The molecule has 0 radical (unpaired) electrons. The van der Waals surface area contributed by atoms with Gasteiger partial charge in [0.05, 0.1) is 6.61 Å². The summed E-state index contributed by atoms with van der Waals surface area (Å²) in [6.45, 7) is 2.16. The van der Waals surface area contributed by atoms with Gasteiger partial charge >= 0.3 is 0 Å². The molecule has 1 saturated heterocycles. The van der Waals surface area contributed by atoms with Crippen molar-refractivity contribution >= 4 is 43.7 Å². The minimum absolute atomic E-state index is 0.0835. The van der Waals surface area contributed by atoms with Gasteiger partial charge in [-0.25, -0.2) is 10.0 Å². The molecular formula is C30H31Br2N3O4. The van der Waals surface area contributed by atoms with E-state index in [0.717, 1.165) is 51.6 Å². The van der Waals surface area contributed by atoms with Crippen LogP contribution in [-0.4, -0.2) is 53.8 Å². The van der Waals surface area contributed by atoms with Crippen LogP contribution in [0.3, 0.4) is 0 Å². The molecule has 0 aliphatic carbocycles. The second-order valence-corrected chi connectivity index (χ2v) is 11.6. The fraction of sp³-hybridized carbons (Fsp3) is 0.333. The molecular weight excluding hydrogens is 626 g/mol. The highest BCUT2D eigenvalue weighted by Gasteiger charge is 2.53. The summed E-state index contributed by atoms with van der Waals surface area (Å²) in [7, 11) is 0. The van der Waals surface area contributed by atoms with E-state index in [0.29, 0.717) is 31.1 Å². The number of carbonyl (C=O) groups excluding carboxylic acids is 1. The standard InChI is InChI=1S/C30H31Br2N3O4/c31-24-10-4-21(5-11-24)20-30(29(37)34-35-16-1-2-17-35)27(22-6-12-25(32)13-7-22)39-28(33-30)23-8-14-26(15-9-23)38-19-3-18-36/h4-15,27,36H,1-3,16-20H2,(H,34,37)/t27-,30-/m0/s1. The largest absolute Gasteiger partial charge is 0.494 e. The molecule has 9 heteroatoms. The summed E-state index contributed by atoms with van der Waals surface area (Å²) in [6, 6.07) is 23.3. The smallest absolute Gasteiger partial charge is 0.266 e. The highest BCUT2D eigenvalue weighted by atomic mass is 79.9. The molecule has 2 heterocycles. The van der Waals surface area contributed by atoms with Crippen molar-refractivity contribution < 1.29 is 19.4 Å². The van der Waals surface area contributed by atoms with Crippen LogP contribution in [-0.2, 0) is 16.0 Å². The molecule has 0 bridgehead atoms. The third-order valence-corrected chi connectivity index (χ3v) is 8.01. The van der Waals surface area contributed by atoms with Crippen LogP contribution in [0.2, 0.25) is 0 Å². The summed E-state index contributed by atoms with van der Waals surface area (Å²) in [6.07, 6.45) is 2.40. The predicted octanol–water partition coefficient (Wildman–Crippen LogP) is 5.60. The van der Waals surface area contributed by atoms with Crippen LogP contribution in [0.5, 0.6) is 5.75 Å². The first-order valence-electron chi connectivity index (χ1n) is 13.1. The Morgan fingerprint density at radius 1 is 1.00 bits per heavy atom. The summed E-state index contributed by atoms with van der Waals surface area (Å²) in [5.74, 6) is 0.931. The van der Waals surface area contributed by atoms with Gasteiger partial charge in [-0.1, -0.05) is 56.1 Å². The first kappa shape index (κ1) is 27.8. The van der Waals surface area contributed by atoms with Gasteiger partial charge in [0, 0.05) is 47.0 Å². The van der Waals surface area contributed by atoms with Gasteiger partial charge in [-0.2, -0.15) is 0 Å². The molecule has 1 amide bonds. The average molecular weight is 657 g/mol. The molecule has 1 fully saturated rings. The number of hydrogen-bond donors (Lipinski definition) is 2. The molecule has 0 spiro atoms. The Morgan fingerprint density at radius 2 is 1.64 bits per heavy atom. The molecule has 2 aliphatic heterocycles. The van der Waals surface area contributed by atoms with Gasteiger partial charge in [0.25, 0.3) is 5.91 Å². The number of hydrogen-bond acceptors (Lipinski definition) is 6. The van der Waals surface area contributed by atoms with Crippen molar-refractivity contribution in [1.82, 2.24) is 10.4 Å². The SMILES string of the molecule is O=C(NN1CCCC1)[C@@]1(Cc2ccc(Br)cc2)N=C(c2ccc(OCCCO)cc2)O[C@H]1c1ccc(Br)cc1. The molecule has 3 aromatic carbocycles. The molecule has 204 valence electrons. The lowest BCUT2D eigenvalue weighted by atomic mass is 9.82. The molecule has 7 nitrogen and oxygen atoms in total. The molecule has 3 aromatic rings. The van der Waals surface area contributed by atoms with Crippen molar-refractivity contribution in [3.05, 3.63) is 98.4 Å². The topological polar surface area (TPSA) is 83.4 Å². The van der Waals surface area contributed by atoms with E-state index in [4.69, 9.17) is 19.6 Å². The van der Waals surface area contributed by atoms with Crippen LogP contribution < -0.4 is 10.2 Å². The summed E-state index contributed by atoms with van der Waals surface area (Å²) >= 11 is 7.04. The number of benzene rings is 3. The zero-order valence-electron chi connectivity index (χ0n) is 21.5. The maximum atomic E-state index is 14.2. The van der Waals surface area contributed by atoms with Crippen LogP contribution in [0.25, 0.3) is 0 Å². The van der Waals surface area contributed by atoms with Gasteiger partial charge in [-0.05, 0) is 72.5 Å². The van der Waals surface area contributed by atoms with Crippen LogP contribution in [0.1, 0.15) is 42.1 Å². The minimum atomic E-state index is -1.23. The molecule has 5 rings (SSSR count). The van der Waals surface area contributed by atoms with E-state index in [1.54, 1.807) is 0 Å². The van der Waals surface area contributed by atoms with Crippen LogP contribution >= 0.6 is 31.9 Å². The number of aliphatic hydroxyl groups excluding tert-OH is 1. The second kappa shape index (κ2) is 12.6. The number of amides is 1. The van der Waals surface area contributed by atoms with Gasteiger partial charge < -0.3 is 14.6 Å². The van der Waals surface area contributed by atoms with E-state index in [2.05, 4.69) is 37.3 Å². The number of aliphatic hydroxyl groups is 1. The number of nitrogens with one attached hydrogen (secondary N) is 1. The van der Waals surface area contributed by atoms with Gasteiger partial charge in [0.1, 0.15) is 5.75 Å². The summed E-state index contributed by atoms with van der Waals surface area (Å²) in [5, 5.41) is 11.0. The number of aliphatic imine (C=N–C) groups is 1. The molecule has 0 unspecified atom stereocenters. The van der Waals surface area contributed by atoms with Crippen LogP contribution in [0.4, 0.5) is 0 Å². The molecule has 0 saturated carbocycles. The number of nitrogens with zero attached hydrogens (tertiary/aromatic N) is 2. The van der Waals surface area contributed by atoms with E-state index >= 15 is 0 Å². The maximum absolute atomic E-state index is 14.2. The van der Waals surface area contributed by atoms with Gasteiger partial charge in [0.15, 0.2) is 11.6 Å². The average Bonchev–Trinajstić information content (AvgIpc) is 3.60. The fourth-order valence-corrected chi connectivity index (χ4v) is 5.43. The Balaban J connectivity index is 1.55. The normalized spacial score (nSPS) is 20.9. The van der Waals surface area contributed by atoms with Gasteiger partial charge in [0.2, 0.25) is 5.90 Å². The number of rotatable bonds is 10. The van der Waals surface area contributed by atoms with Crippen molar-refractivity contribution in [2.24, 2.45) is 4.99 Å². The monoisotopic (exact) mass is 655 g/mol. The third-order valence-electron chi connectivity index (χ3n) is 6.96. The van der Waals surface area contributed by atoms with E-state index < -0.39 is 11.6 Å². The summed E-state index contributed by atoms with van der Waals surface area (Å²) < 4.78 is 14.2. The van der Waals surface area contributed by atoms with Crippen molar-refractivity contribution in [3.8, 4) is 5.75 Å². The lowest BCUT2D eigenvalue weighted by Gasteiger charge is -2.32. The van der Waals surface area contributed by atoms with E-state index in [9.17, 15) is 4.79 Å². The Labute approximate surface area is 245 Å². The number of halogens is 2. The van der Waals surface area contributed by atoms with Crippen molar-refractivity contribution in [1.29, 1.82) is 0 Å². The Kier molecular flexibility index (Phi) is 9.02. The van der Waals surface area contributed by atoms with E-state index in [1.165, 1.54) is 0 Å². The van der Waals surface area contributed by atoms with Gasteiger partial charge in [-0.3, -0.25) is 10.2 Å². The fourth-order valence-electron chi connectivity index (χ4n) is 4.90. The lowest BCUT2D eigenvalue weighted by molar-refractivity contribution is -0.133. The maximum Gasteiger partial charge on any atom is 0.266 e. The summed E-state index contributed by atoms with van der Waals surface area (Å²) in [4.78, 5) is 19.3. The number of carbonyl (C=O) groups is 1. The van der Waals surface area contributed by atoms with Crippen molar-refractivity contribution in [2.75, 3.05) is 26.3 Å². The Morgan fingerprint density at radius 3 is 2.28 bits per heavy atom. The van der Waals surface area contributed by atoms with E-state index in [-0.39, 0.29) is 12.5 Å². The second-order valence-electron chi connectivity index (χ2n) is 9.78. The minimum Gasteiger partial charge on any atom is -0.494 e. The zero-order chi connectivity index (χ0) is 27.2. The van der Waals surface area contributed by atoms with Crippen LogP contribution in [0.15, 0.2) is 86.7 Å². The van der Waals surface area contributed by atoms with Gasteiger partial charge in [-0.15, -0.1) is 0 Å². The van der Waals surface area contributed by atoms with Crippen molar-refractivity contribution in [2.45, 2.75) is 37.3 Å². The zero-order valence-corrected chi connectivity index (χ0v) is 24.7. The highest BCUT2D eigenvalue weighted by Crippen LogP contribution is 2.43. The van der Waals surface area contributed by atoms with Crippen LogP contribution in [0, 0.1) is 0 Å². The molecule has 2 aliphatic rings. The third kappa shape index (κ3) is 6.54. The number of ether oxygens (including phenoxy) is 2. The molecule has 2 N–H and O–H groups in total. The predicted molar refractivity (Wildman–Crippen MR) is 158 cm³/mol. The first-order valence-corrected chi connectivity index (χ1v) is 14.7. The summed E-state index contributed by atoms with van der Waals surface area (Å²) in [5.41, 5.74) is 4.55. The highest BCUT2D eigenvalue weighted by molar-refractivity contribution is 9.10. The lowest BCUT2D eigenvalue weighted by Crippen LogP contribution is -2.54. The molecule has 0 aromatic heterocycles. The molecule has 2 atom stereocenters. The first-order chi connectivity index (χ1) is 19.0. The van der Waals surface area contributed by atoms with Crippen molar-refractivity contribution in [3.63, 3.8) is 0 Å². The van der Waals surface area contributed by atoms with E-state index in [1.807, 2.05) is 77.8 Å².